The highest BCUT2D eigenvalue weighted by molar-refractivity contribution is 5.59. The largest absolute Gasteiger partial charge is 0.418 e. The van der Waals surface area contributed by atoms with Crippen molar-refractivity contribution < 1.29 is 18.1 Å². The zero-order chi connectivity index (χ0) is 14.5. The van der Waals surface area contributed by atoms with Gasteiger partial charge in [0.05, 0.1) is 10.5 Å². The van der Waals surface area contributed by atoms with Gasteiger partial charge in [0, 0.05) is 37.0 Å². The van der Waals surface area contributed by atoms with Gasteiger partial charge in [0.1, 0.15) is 0 Å². The number of nitro groups is 1. The van der Waals surface area contributed by atoms with Gasteiger partial charge in [-0.15, -0.1) is 0 Å². The predicted molar refractivity (Wildman–Crippen MR) is 65.4 cm³/mol. The van der Waals surface area contributed by atoms with E-state index in [-0.39, 0.29) is 11.7 Å². The van der Waals surface area contributed by atoms with Crippen molar-refractivity contribution in [2.75, 3.05) is 18.4 Å². The van der Waals surface area contributed by atoms with Gasteiger partial charge >= 0.3 is 6.18 Å². The Hall–Kier alpha value is -1.83. The normalized spacial score (nSPS) is 28.1. The van der Waals surface area contributed by atoms with Gasteiger partial charge in [0.2, 0.25) is 0 Å². The summed E-state index contributed by atoms with van der Waals surface area (Å²) in [5, 5.41) is 16.6. The second-order valence-corrected chi connectivity index (χ2v) is 5.14. The number of piperidine rings is 1. The average molecular weight is 287 g/mol. The minimum atomic E-state index is -4.61. The molecule has 3 rings (SSSR count). The third-order valence-electron chi connectivity index (χ3n) is 3.93. The number of non-ortho nitro benzene ring substituents is 1. The van der Waals surface area contributed by atoms with Gasteiger partial charge in [-0.2, -0.15) is 13.2 Å². The second-order valence-electron chi connectivity index (χ2n) is 5.14. The Labute approximate surface area is 112 Å². The summed E-state index contributed by atoms with van der Waals surface area (Å²) in [6.45, 7) is 1.60. The Kier molecular flexibility index (Phi) is 2.86. The lowest BCUT2D eigenvalue weighted by Crippen LogP contribution is -2.22. The molecule has 8 heteroatoms. The minimum absolute atomic E-state index is 0.0267. The van der Waals surface area contributed by atoms with Crippen LogP contribution in [0.3, 0.4) is 0 Å². The van der Waals surface area contributed by atoms with Crippen molar-refractivity contribution in [3.63, 3.8) is 0 Å². The number of rotatable bonds is 3. The summed E-state index contributed by atoms with van der Waals surface area (Å²) in [5.41, 5.74) is -1.62. The summed E-state index contributed by atoms with van der Waals surface area (Å²) >= 11 is 0. The Morgan fingerprint density at radius 1 is 1.30 bits per heavy atom. The van der Waals surface area contributed by atoms with Gasteiger partial charge in [-0.3, -0.25) is 10.1 Å². The van der Waals surface area contributed by atoms with Crippen LogP contribution in [0.2, 0.25) is 0 Å². The fourth-order valence-electron chi connectivity index (χ4n) is 2.82. The molecular weight excluding hydrogens is 275 g/mol. The molecular formula is C12H12F3N3O2. The molecule has 2 unspecified atom stereocenters. The van der Waals surface area contributed by atoms with E-state index in [0.29, 0.717) is 17.9 Å². The van der Waals surface area contributed by atoms with Crippen molar-refractivity contribution >= 4 is 11.4 Å². The molecule has 20 heavy (non-hydrogen) atoms. The van der Waals surface area contributed by atoms with Crippen LogP contribution < -0.4 is 10.6 Å². The standard InChI is InChI=1S/C12H12F3N3O2/c13-12(14,15)9-3-6(18(19)20)1-2-10(9)17-11-7-4-16-5-8(7)11/h1-3,7-8,11,16-17H,4-5H2. The maximum Gasteiger partial charge on any atom is 0.418 e. The number of anilines is 1. The van der Waals surface area contributed by atoms with Gasteiger partial charge in [0.25, 0.3) is 5.69 Å². The maximum atomic E-state index is 13.0. The lowest BCUT2D eigenvalue weighted by molar-refractivity contribution is -0.385. The van der Waals surface area contributed by atoms with E-state index in [1.807, 2.05) is 0 Å². The Morgan fingerprint density at radius 2 is 1.95 bits per heavy atom. The third kappa shape index (κ3) is 2.20. The van der Waals surface area contributed by atoms with Gasteiger partial charge in [-0.1, -0.05) is 0 Å². The first-order valence-electron chi connectivity index (χ1n) is 6.21. The molecule has 0 aromatic heterocycles. The van der Waals surface area contributed by atoms with Crippen LogP contribution in [0.4, 0.5) is 24.5 Å². The highest BCUT2D eigenvalue weighted by atomic mass is 19.4. The van der Waals surface area contributed by atoms with Gasteiger partial charge < -0.3 is 10.6 Å². The Balaban J connectivity index is 1.87. The summed E-state index contributed by atoms with van der Waals surface area (Å²) in [4.78, 5) is 9.77. The number of nitrogens with one attached hydrogen (secondary N) is 2. The molecule has 2 N–H and O–H groups in total. The fraction of sp³-hybridized carbons (Fsp3) is 0.500. The van der Waals surface area contributed by atoms with E-state index >= 15 is 0 Å². The SMILES string of the molecule is O=[N+]([O-])c1ccc(NC2C3CNCC32)c(C(F)(F)F)c1. The highest BCUT2D eigenvalue weighted by Crippen LogP contribution is 2.46. The lowest BCUT2D eigenvalue weighted by atomic mass is 10.1. The molecule has 1 aliphatic heterocycles. The van der Waals surface area contributed by atoms with Gasteiger partial charge in [-0.25, -0.2) is 0 Å². The molecule has 1 aliphatic carbocycles. The van der Waals surface area contributed by atoms with Crippen molar-refractivity contribution in [1.82, 2.24) is 5.32 Å². The molecule has 1 saturated heterocycles. The molecule has 2 atom stereocenters. The smallest absolute Gasteiger partial charge is 0.381 e. The van der Waals surface area contributed by atoms with Crippen molar-refractivity contribution in [1.29, 1.82) is 0 Å². The van der Waals surface area contributed by atoms with E-state index in [2.05, 4.69) is 10.6 Å². The van der Waals surface area contributed by atoms with Gasteiger partial charge in [-0.05, 0) is 17.9 Å². The number of benzene rings is 1. The van der Waals surface area contributed by atoms with Crippen LogP contribution in [-0.4, -0.2) is 24.1 Å². The number of nitrogens with zero attached hydrogens (tertiary/aromatic N) is 1. The first-order valence-corrected chi connectivity index (χ1v) is 6.21. The quantitative estimate of drug-likeness (QED) is 0.661. The number of hydrogen-bond acceptors (Lipinski definition) is 4. The molecule has 1 heterocycles. The summed E-state index contributed by atoms with van der Waals surface area (Å²) in [7, 11) is 0. The van der Waals surface area contributed by atoms with E-state index in [1.165, 1.54) is 0 Å². The third-order valence-corrected chi connectivity index (χ3v) is 3.93. The molecule has 0 bridgehead atoms. The first-order chi connectivity index (χ1) is 9.38. The molecule has 5 nitrogen and oxygen atoms in total. The van der Waals surface area contributed by atoms with E-state index in [0.717, 1.165) is 25.2 Å². The van der Waals surface area contributed by atoms with Crippen LogP contribution in [-0.2, 0) is 6.18 Å². The van der Waals surface area contributed by atoms with Crippen LogP contribution in [0.1, 0.15) is 5.56 Å². The molecule has 108 valence electrons. The minimum Gasteiger partial charge on any atom is -0.381 e. The molecule has 1 saturated carbocycles. The molecule has 0 spiro atoms. The molecule has 2 aliphatic rings. The number of hydrogen-bond donors (Lipinski definition) is 2. The number of alkyl halides is 3. The van der Waals surface area contributed by atoms with Crippen LogP contribution in [0.25, 0.3) is 0 Å². The topological polar surface area (TPSA) is 67.2 Å². The molecule has 1 aromatic carbocycles. The van der Waals surface area contributed by atoms with Crippen molar-refractivity contribution in [3.8, 4) is 0 Å². The number of fused-ring (bicyclic) bond motifs is 1. The van der Waals surface area contributed by atoms with Crippen molar-refractivity contribution in [2.24, 2.45) is 11.8 Å². The van der Waals surface area contributed by atoms with Crippen LogP contribution in [0.5, 0.6) is 0 Å². The Bertz CT molecular complexity index is 551. The maximum absolute atomic E-state index is 13.0. The monoisotopic (exact) mass is 287 g/mol. The van der Waals surface area contributed by atoms with Crippen LogP contribution in [0, 0.1) is 22.0 Å². The predicted octanol–water partition coefficient (Wildman–Crippen LogP) is 2.24. The number of nitro benzene ring substituents is 1. The lowest BCUT2D eigenvalue weighted by Gasteiger charge is -2.15. The summed E-state index contributed by atoms with van der Waals surface area (Å²) in [6, 6.07) is 2.84. The molecule has 2 fully saturated rings. The Morgan fingerprint density at radius 3 is 2.50 bits per heavy atom. The zero-order valence-electron chi connectivity index (χ0n) is 10.3. The van der Waals surface area contributed by atoms with E-state index in [9.17, 15) is 23.3 Å². The summed E-state index contributed by atoms with van der Waals surface area (Å²) in [5.74, 6) is 0.706. The van der Waals surface area contributed by atoms with Crippen LogP contribution in [0.15, 0.2) is 18.2 Å². The van der Waals surface area contributed by atoms with Crippen molar-refractivity contribution in [2.45, 2.75) is 12.2 Å². The molecule has 0 amide bonds. The molecule has 0 radical (unpaired) electrons. The van der Waals surface area contributed by atoms with Crippen LogP contribution >= 0.6 is 0 Å². The van der Waals surface area contributed by atoms with E-state index in [4.69, 9.17) is 0 Å². The molecule has 1 aromatic rings. The van der Waals surface area contributed by atoms with Crippen molar-refractivity contribution in [3.05, 3.63) is 33.9 Å². The average Bonchev–Trinajstić information content (AvgIpc) is 2.82. The second kappa shape index (κ2) is 4.34. The zero-order valence-corrected chi connectivity index (χ0v) is 10.3. The van der Waals surface area contributed by atoms with E-state index in [1.54, 1.807) is 0 Å². The first kappa shape index (κ1) is 13.2. The fourth-order valence-corrected chi connectivity index (χ4v) is 2.82. The van der Waals surface area contributed by atoms with E-state index < -0.39 is 22.4 Å². The number of halogens is 3. The highest BCUT2D eigenvalue weighted by Gasteiger charge is 2.53. The summed E-state index contributed by atoms with van der Waals surface area (Å²) < 4.78 is 38.9. The summed E-state index contributed by atoms with van der Waals surface area (Å²) in [6.07, 6.45) is -4.61. The van der Waals surface area contributed by atoms with Gasteiger partial charge in [0.15, 0.2) is 0 Å².